The van der Waals surface area contributed by atoms with Gasteiger partial charge in [-0.15, -0.1) is 11.3 Å². The number of thiophene rings is 1. The Bertz CT molecular complexity index is 824. The van der Waals surface area contributed by atoms with Crippen molar-refractivity contribution in [2.24, 2.45) is 0 Å². The molecule has 27 heavy (non-hydrogen) atoms. The van der Waals surface area contributed by atoms with Crippen molar-refractivity contribution in [3.63, 3.8) is 0 Å². The van der Waals surface area contributed by atoms with Crippen LogP contribution in [0, 0.1) is 0 Å². The average Bonchev–Trinajstić information content (AvgIpc) is 3.24. The van der Waals surface area contributed by atoms with E-state index in [1.54, 1.807) is 0 Å². The van der Waals surface area contributed by atoms with Crippen LogP contribution in [0.2, 0.25) is 0 Å². The van der Waals surface area contributed by atoms with Gasteiger partial charge in [0.05, 0.1) is 25.5 Å². The molecule has 4 nitrogen and oxygen atoms in total. The van der Waals surface area contributed by atoms with Crippen LogP contribution in [-0.4, -0.2) is 19.0 Å². The van der Waals surface area contributed by atoms with Gasteiger partial charge in [-0.2, -0.15) is 0 Å². The lowest BCUT2D eigenvalue weighted by molar-refractivity contribution is -0.141. The van der Waals surface area contributed by atoms with Crippen molar-refractivity contribution in [3.05, 3.63) is 94.2 Å². The summed E-state index contributed by atoms with van der Waals surface area (Å²) in [6.07, 6.45) is 0.0963. The van der Waals surface area contributed by atoms with Crippen LogP contribution in [0.15, 0.2) is 78.2 Å². The largest absolute Gasteiger partial charge is 0.469 e. The molecular weight excluding hydrogens is 358 g/mol. The molecule has 1 amide bonds. The lowest BCUT2D eigenvalue weighted by atomic mass is 9.90. The number of ether oxygens (including phenoxy) is 1. The Morgan fingerprint density at radius 3 is 2.00 bits per heavy atom. The van der Waals surface area contributed by atoms with Crippen molar-refractivity contribution in [2.75, 3.05) is 7.11 Å². The number of carbonyl (C=O) groups excluding carboxylic acids is 2. The van der Waals surface area contributed by atoms with Gasteiger partial charge in [0.1, 0.15) is 0 Å². The molecule has 138 valence electrons. The van der Waals surface area contributed by atoms with Crippen LogP contribution < -0.4 is 5.32 Å². The molecule has 0 radical (unpaired) electrons. The summed E-state index contributed by atoms with van der Waals surface area (Å²) >= 11 is 1.51. The van der Waals surface area contributed by atoms with E-state index in [2.05, 4.69) is 5.32 Å². The number of hydrogen-bond donors (Lipinski definition) is 1. The fraction of sp³-hybridized carbons (Fsp3) is 0.182. The van der Waals surface area contributed by atoms with E-state index in [1.807, 2.05) is 78.2 Å². The Kier molecular flexibility index (Phi) is 6.39. The third-order valence-electron chi connectivity index (χ3n) is 4.33. The van der Waals surface area contributed by atoms with Crippen LogP contribution in [0.1, 0.15) is 34.4 Å². The SMILES string of the molecule is COC(=O)CC(NC(=O)C(c1ccccc1)c1ccccc1)c1cccs1. The van der Waals surface area contributed by atoms with Gasteiger partial charge in [-0.05, 0) is 22.6 Å². The smallest absolute Gasteiger partial charge is 0.307 e. The van der Waals surface area contributed by atoms with Crippen molar-refractivity contribution in [3.8, 4) is 0 Å². The standard InChI is InChI=1S/C22H21NO3S/c1-26-20(24)15-18(19-13-8-14-27-19)23-22(25)21(16-9-4-2-5-10-16)17-11-6-3-7-12-17/h2-14,18,21H,15H2,1H3,(H,23,25). The summed E-state index contributed by atoms with van der Waals surface area (Å²) in [5, 5.41) is 4.98. The summed E-state index contributed by atoms with van der Waals surface area (Å²) in [5.74, 6) is -0.952. The summed E-state index contributed by atoms with van der Waals surface area (Å²) in [4.78, 5) is 26.0. The molecule has 3 rings (SSSR count). The minimum Gasteiger partial charge on any atom is -0.469 e. The highest BCUT2D eigenvalue weighted by atomic mass is 32.1. The van der Waals surface area contributed by atoms with E-state index in [4.69, 9.17) is 4.74 Å². The van der Waals surface area contributed by atoms with Crippen LogP contribution >= 0.6 is 11.3 Å². The maximum absolute atomic E-state index is 13.3. The summed E-state index contributed by atoms with van der Waals surface area (Å²) in [6.45, 7) is 0. The second kappa shape index (κ2) is 9.14. The first-order valence-electron chi connectivity index (χ1n) is 8.69. The summed E-state index contributed by atoms with van der Waals surface area (Å²) < 4.78 is 4.80. The number of rotatable bonds is 7. The minimum absolute atomic E-state index is 0.0963. The van der Waals surface area contributed by atoms with Gasteiger partial charge in [-0.3, -0.25) is 9.59 Å². The fourth-order valence-corrected chi connectivity index (χ4v) is 3.78. The maximum Gasteiger partial charge on any atom is 0.307 e. The van der Waals surface area contributed by atoms with E-state index in [0.29, 0.717) is 0 Å². The topological polar surface area (TPSA) is 55.4 Å². The highest BCUT2D eigenvalue weighted by molar-refractivity contribution is 7.10. The maximum atomic E-state index is 13.3. The second-order valence-electron chi connectivity index (χ2n) is 6.11. The van der Waals surface area contributed by atoms with Crippen LogP contribution in [0.3, 0.4) is 0 Å². The van der Waals surface area contributed by atoms with Crippen LogP contribution in [-0.2, 0) is 14.3 Å². The zero-order chi connectivity index (χ0) is 19.1. The number of methoxy groups -OCH3 is 1. The molecule has 1 N–H and O–H groups in total. The number of benzene rings is 2. The van der Waals surface area contributed by atoms with Crippen LogP contribution in [0.4, 0.5) is 0 Å². The van der Waals surface area contributed by atoms with E-state index in [0.717, 1.165) is 16.0 Å². The quantitative estimate of drug-likeness (QED) is 0.623. The van der Waals surface area contributed by atoms with Gasteiger partial charge in [-0.1, -0.05) is 66.7 Å². The van der Waals surface area contributed by atoms with Gasteiger partial charge in [0.15, 0.2) is 0 Å². The van der Waals surface area contributed by atoms with Gasteiger partial charge in [-0.25, -0.2) is 0 Å². The molecule has 0 bridgehead atoms. The van der Waals surface area contributed by atoms with Crippen molar-refractivity contribution < 1.29 is 14.3 Å². The van der Waals surface area contributed by atoms with E-state index >= 15 is 0 Å². The molecule has 0 aliphatic heterocycles. The molecule has 0 saturated carbocycles. The monoisotopic (exact) mass is 379 g/mol. The molecule has 0 spiro atoms. The Hall–Kier alpha value is -2.92. The number of carbonyl (C=O) groups is 2. The summed E-state index contributed by atoms with van der Waals surface area (Å²) in [5.41, 5.74) is 1.81. The highest BCUT2D eigenvalue weighted by Gasteiger charge is 2.27. The van der Waals surface area contributed by atoms with Crippen molar-refractivity contribution >= 4 is 23.2 Å². The first-order chi connectivity index (χ1) is 13.2. The van der Waals surface area contributed by atoms with Gasteiger partial charge >= 0.3 is 5.97 Å². The number of hydrogen-bond acceptors (Lipinski definition) is 4. The van der Waals surface area contributed by atoms with Crippen molar-refractivity contribution in [1.29, 1.82) is 0 Å². The molecule has 0 saturated heterocycles. The molecule has 1 heterocycles. The Labute approximate surface area is 162 Å². The Balaban J connectivity index is 1.90. The van der Waals surface area contributed by atoms with Gasteiger partial charge in [0, 0.05) is 4.88 Å². The lowest BCUT2D eigenvalue weighted by Crippen LogP contribution is -2.34. The second-order valence-corrected chi connectivity index (χ2v) is 7.09. The predicted octanol–water partition coefficient (Wildman–Crippen LogP) is 4.30. The van der Waals surface area contributed by atoms with E-state index in [-0.39, 0.29) is 18.3 Å². The molecule has 5 heteroatoms. The molecule has 3 aromatic rings. The van der Waals surface area contributed by atoms with E-state index in [1.165, 1.54) is 18.4 Å². The third-order valence-corrected chi connectivity index (χ3v) is 5.32. The summed E-state index contributed by atoms with van der Waals surface area (Å²) in [7, 11) is 1.35. The van der Waals surface area contributed by atoms with Crippen LogP contribution in [0.5, 0.6) is 0 Å². The molecule has 1 unspecified atom stereocenters. The first kappa shape index (κ1) is 18.9. The third kappa shape index (κ3) is 4.83. The molecule has 2 aromatic carbocycles. The zero-order valence-corrected chi connectivity index (χ0v) is 15.8. The van der Waals surface area contributed by atoms with Gasteiger partial charge < -0.3 is 10.1 Å². The number of amides is 1. The van der Waals surface area contributed by atoms with E-state index in [9.17, 15) is 9.59 Å². The molecular formula is C22H21NO3S. The van der Waals surface area contributed by atoms with Crippen molar-refractivity contribution in [1.82, 2.24) is 5.32 Å². The summed E-state index contributed by atoms with van der Waals surface area (Å²) in [6, 6.07) is 22.7. The normalized spacial score (nSPS) is 11.8. The molecule has 0 aliphatic rings. The van der Waals surface area contributed by atoms with E-state index < -0.39 is 12.0 Å². The van der Waals surface area contributed by atoms with Gasteiger partial charge in [0.25, 0.3) is 0 Å². The van der Waals surface area contributed by atoms with Gasteiger partial charge in [0.2, 0.25) is 5.91 Å². The van der Waals surface area contributed by atoms with Crippen LogP contribution in [0.25, 0.3) is 0 Å². The Morgan fingerprint density at radius 1 is 0.926 bits per heavy atom. The molecule has 1 aromatic heterocycles. The minimum atomic E-state index is -0.451. The Morgan fingerprint density at radius 2 is 1.52 bits per heavy atom. The predicted molar refractivity (Wildman–Crippen MR) is 107 cm³/mol. The van der Waals surface area contributed by atoms with Crippen molar-refractivity contribution in [2.45, 2.75) is 18.4 Å². The highest BCUT2D eigenvalue weighted by Crippen LogP contribution is 2.28. The molecule has 0 fully saturated rings. The lowest BCUT2D eigenvalue weighted by Gasteiger charge is -2.22. The first-order valence-corrected chi connectivity index (χ1v) is 9.57. The zero-order valence-electron chi connectivity index (χ0n) is 15.0. The number of nitrogens with one attached hydrogen (secondary N) is 1. The fourth-order valence-electron chi connectivity index (χ4n) is 3.00. The molecule has 0 aliphatic carbocycles. The average molecular weight is 379 g/mol. The molecule has 1 atom stereocenters. The number of esters is 1.